The molecule has 0 saturated carbocycles. The maximum absolute atomic E-state index is 14.0. The Balaban J connectivity index is 2.10. The van der Waals surface area contributed by atoms with Crippen LogP contribution in [0.25, 0.3) is 0 Å². The molecular weight excluding hydrogens is 275 g/mol. The third-order valence-corrected chi connectivity index (χ3v) is 4.06. The first kappa shape index (κ1) is 14.5. The van der Waals surface area contributed by atoms with E-state index in [9.17, 15) is 9.18 Å². The first-order chi connectivity index (χ1) is 9.49. The van der Waals surface area contributed by atoms with Gasteiger partial charge < -0.3 is 10.6 Å². The zero-order valence-corrected chi connectivity index (χ0v) is 12.3. The Labute approximate surface area is 121 Å². The number of benzene rings is 1. The second-order valence-corrected chi connectivity index (χ2v) is 5.79. The molecule has 1 aromatic heterocycles. The summed E-state index contributed by atoms with van der Waals surface area (Å²) in [5, 5.41) is 2.00. The molecule has 0 unspecified atom stereocenters. The van der Waals surface area contributed by atoms with Gasteiger partial charge in [0.2, 0.25) is 0 Å². The molecule has 0 aliphatic heterocycles. The maximum Gasteiger partial charge on any atom is 0.256 e. The number of halogens is 1. The van der Waals surface area contributed by atoms with Crippen molar-refractivity contribution in [2.24, 2.45) is 0 Å². The summed E-state index contributed by atoms with van der Waals surface area (Å²) in [6, 6.07) is 6.92. The van der Waals surface area contributed by atoms with E-state index in [1.54, 1.807) is 25.3 Å². The predicted molar refractivity (Wildman–Crippen MR) is 80.5 cm³/mol. The smallest absolute Gasteiger partial charge is 0.256 e. The van der Waals surface area contributed by atoms with Crippen LogP contribution >= 0.6 is 11.3 Å². The van der Waals surface area contributed by atoms with Gasteiger partial charge in [-0.05, 0) is 42.5 Å². The number of carbonyl (C=O) groups excluding carboxylic acids is 1. The zero-order valence-electron chi connectivity index (χ0n) is 11.5. The fourth-order valence-corrected chi connectivity index (χ4v) is 2.69. The van der Waals surface area contributed by atoms with Gasteiger partial charge in [0.05, 0.1) is 5.56 Å². The van der Waals surface area contributed by atoms with Gasteiger partial charge in [0, 0.05) is 24.2 Å². The van der Waals surface area contributed by atoms with Crippen LogP contribution in [0.1, 0.15) is 20.8 Å². The molecule has 1 heterocycles. The first-order valence-corrected chi connectivity index (χ1v) is 7.20. The summed E-state index contributed by atoms with van der Waals surface area (Å²) in [6.45, 7) is 2.15. The van der Waals surface area contributed by atoms with Crippen LogP contribution in [0.15, 0.2) is 29.6 Å². The van der Waals surface area contributed by atoms with Gasteiger partial charge in [-0.15, -0.1) is 11.3 Å². The summed E-state index contributed by atoms with van der Waals surface area (Å²) < 4.78 is 14.0. The summed E-state index contributed by atoms with van der Waals surface area (Å²) in [5.74, 6) is -0.832. The van der Waals surface area contributed by atoms with Crippen LogP contribution in [0, 0.1) is 12.7 Å². The number of rotatable bonds is 4. The molecule has 106 valence electrons. The van der Waals surface area contributed by atoms with E-state index >= 15 is 0 Å². The van der Waals surface area contributed by atoms with Gasteiger partial charge in [-0.1, -0.05) is 6.07 Å². The van der Waals surface area contributed by atoms with Crippen LogP contribution in [0.3, 0.4) is 0 Å². The number of nitrogens with two attached hydrogens (primary N) is 1. The number of nitrogen functional groups attached to an aromatic ring is 1. The highest BCUT2D eigenvalue weighted by molar-refractivity contribution is 7.09. The van der Waals surface area contributed by atoms with Crippen molar-refractivity contribution in [3.63, 3.8) is 0 Å². The number of likely N-dealkylation sites (N-methyl/N-ethyl adjacent to an activating group) is 1. The number of carbonyl (C=O) groups is 1. The topological polar surface area (TPSA) is 46.3 Å². The van der Waals surface area contributed by atoms with E-state index in [-0.39, 0.29) is 11.5 Å². The molecule has 0 saturated heterocycles. The van der Waals surface area contributed by atoms with Gasteiger partial charge in [0.25, 0.3) is 5.91 Å². The molecule has 1 amide bonds. The molecule has 5 heteroatoms. The van der Waals surface area contributed by atoms with E-state index in [1.165, 1.54) is 21.9 Å². The molecule has 0 aliphatic rings. The minimum atomic E-state index is -0.493. The van der Waals surface area contributed by atoms with Gasteiger partial charge in [-0.3, -0.25) is 4.79 Å². The van der Waals surface area contributed by atoms with Crippen molar-refractivity contribution in [1.29, 1.82) is 0 Å². The van der Waals surface area contributed by atoms with Gasteiger partial charge >= 0.3 is 0 Å². The Morgan fingerprint density at radius 2 is 2.20 bits per heavy atom. The zero-order chi connectivity index (χ0) is 14.7. The molecule has 0 fully saturated rings. The minimum Gasteiger partial charge on any atom is -0.399 e. The van der Waals surface area contributed by atoms with Gasteiger partial charge in [0.1, 0.15) is 5.82 Å². The number of aryl methyl sites for hydroxylation is 1. The highest BCUT2D eigenvalue weighted by atomic mass is 32.1. The molecule has 0 spiro atoms. The Hall–Kier alpha value is -1.88. The van der Waals surface area contributed by atoms with Crippen LogP contribution in [0.5, 0.6) is 0 Å². The fourth-order valence-electron chi connectivity index (χ4n) is 1.99. The summed E-state index contributed by atoms with van der Waals surface area (Å²) in [4.78, 5) is 15.0. The maximum atomic E-state index is 14.0. The first-order valence-electron chi connectivity index (χ1n) is 6.32. The Bertz CT molecular complexity index is 611. The van der Waals surface area contributed by atoms with Crippen LogP contribution in [-0.4, -0.2) is 24.4 Å². The van der Waals surface area contributed by atoms with Crippen molar-refractivity contribution >= 4 is 22.9 Å². The quantitative estimate of drug-likeness (QED) is 0.880. The van der Waals surface area contributed by atoms with E-state index in [1.807, 2.05) is 17.5 Å². The van der Waals surface area contributed by atoms with Gasteiger partial charge in [0.15, 0.2) is 0 Å². The third kappa shape index (κ3) is 3.17. The number of thiophene rings is 1. The second kappa shape index (κ2) is 6.05. The number of anilines is 1. The molecule has 2 N–H and O–H groups in total. The van der Waals surface area contributed by atoms with Crippen molar-refractivity contribution in [2.75, 3.05) is 19.3 Å². The van der Waals surface area contributed by atoms with Crippen LogP contribution < -0.4 is 5.73 Å². The molecule has 20 heavy (non-hydrogen) atoms. The lowest BCUT2D eigenvalue weighted by Crippen LogP contribution is -2.29. The third-order valence-electron chi connectivity index (χ3n) is 3.13. The van der Waals surface area contributed by atoms with Crippen LogP contribution in [-0.2, 0) is 6.42 Å². The van der Waals surface area contributed by atoms with Crippen molar-refractivity contribution in [3.05, 3.63) is 51.5 Å². The standard InChI is InChI=1S/C15H17FN2OS/c1-10-8-11(17)9-13(14(10)16)15(19)18(2)6-5-12-4-3-7-20-12/h3-4,7-9H,5-6,17H2,1-2H3. The van der Waals surface area contributed by atoms with Crippen molar-refractivity contribution in [2.45, 2.75) is 13.3 Å². The normalized spacial score (nSPS) is 10.6. The van der Waals surface area contributed by atoms with Gasteiger partial charge in [-0.25, -0.2) is 4.39 Å². The summed E-state index contributed by atoms with van der Waals surface area (Å²) in [5.41, 5.74) is 6.51. The van der Waals surface area contributed by atoms with Crippen LogP contribution in [0.2, 0.25) is 0 Å². The summed E-state index contributed by atoms with van der Waals surface area (Å²) >= 11 is 1.65. The lowest BCUT2D eigenvalue weighted by Gasteiger charge is -2.18. The highest BCUT2D eigenvalue weighted by Gasteiger charge is 2.18. The number of amides is 1. The van der Waals surface area contributed by atoms with Crippen molar-refractivity contribution in [3.8, 4) is 0 Å². The molecule has 0 aliphatic carbocycles. The molecular formula is C15H17FN2OS. The van der Waals surface area contributed by atoms with Crippen LogP contribution in [0.4, 0.5) is 10.1 Å². The Morgan fingerprint density at radius 3 is 2.85 bits per heavy atom. The van der Waals surface area contributed by atoms with E-state index in [4.69, 9.17) is 5.73 Å². The number of nitrogens with zero attached hydrogens (tertiary/aromatic N) is 1. The predicted octanol–water partition coefficient (Wildman–Crippen LogP) is 3.09. The van der Waals surface area contributed by atoms with E-state index < -0.39 is 5.82 Å². The van der Waals surface area contributed by atoms with E-state index in [0.29, 0.717) is 17.8 Å². The molecule has 2 rings (SSSR count). The largest absolute Gasteiger partial charge is 0.399 e. The average Bonchev–Trinajstić information content (AvgIpc) is 2.92. The monoisotopic (exact) mass is 292 g/mol. The van der Waals surface area contributed by atoms with Crippen molar-refractivity contribution < 1.29 is 9.18 Å². The molecule has 2 aromatic rings. The molecule has 0 bridgehead atoms. The minimum absolute atomic E-state index is 0.0381. The van der Waals surface area contributed by atoms with E-state index in [2.05, 4.69) is 0 Å². The summed E-state index contributed by atoms with van der Waals surface area (Å²) in [6.07, 6.45) is 0.767. The Kier molecular flexibility index (Phi) is 4.39. The van der Waals surface area contributed by atoms with Crippen molar-refractivity contribution in [1.82, 2.24) is 4.90 Å². The lowest BCUT2D eigenvalue weighted by atomic mass is 10.1. The SMILES string of the molecule is Cc1cc(N)cc(C(=O)N(C)CCc2cccs2)c1F. The Morgan fingerprint density at radius 1 is 1.45 bits per heavy atom. The molecule has 3 nitrogen and oxygen atoms in total. The molecule has 1 aromatic carbocycles. The molecule has 0 radical (unpaired) electrons. The summed E-state index contributed by atoms with van der Waals surface area (Å²) in [7, 11) is 1.67. The van der Waals surface area contributed by atoms with Gasteiger partial charge in [-0.2, -0.15) is 0 Å². The lowest BCUT2D eigenvalue weighted by molar-refractivity contribution is 0.0792. The fraction of sp³-hybridized carbons (Fsp3) is 0.267. The number of hydrogen-bond acceptors (Lipinski definition) is 3. The number of hydrogen-bond donors (Lipinski definition) is 1. The highest BCUT2D eigenvalue weighted by Crippen LogP contribution is 2.19. The second-order valence-electron chi connectivity index (χ2n) is 4.76. The van der Waals surface area contributed by atoms with E-state index in [0.717, 1.165) is 6.42 Å². The molecule has 0 atom stereocenters. The average molecular weight is 292 g/mol.